The van der Waals surface area contributed by atoms with E-state index in [1.807, 2.05) is 0 Å². The van der Waals surface area contributed by atoms with Crippen LogP contribution in [0.25, 0.3) is 0 Å². The van der Waals surface area contributed by atoms with Gasteiger partial charge in [-0.05, 0) is 53.4 Å². The molecule has 3 N–H and O–H groups in total. The lowest BCUT2D eigenvalue weighted by Crippen LogP contribution is -2.42. The summed E-state index contributed by atoms with van der Waals surface area (Å²) in [4.78, 5) is 33.1. The molecule has 0 saturated carbocycles. The van der Waals surface area contributed by atoms with Crippen LogP contribution in [-0.2, 0) is 14.4 Å². The summed E-state index contributed by atoms with van der Waals surface area (Å²) >= 11 is 1.40. The fraction of sp³-hybridized carbons (Fsp3) is 0.500. The normalized spacial score (nSPS) is 13.2. The Morgan fingerprint density at radius 3 is 2.03 bits per heavy atom. The average molecular weight is 424 g/mol. The maximum atomic E-state index is 11.5. The van der Waals surface area contributed by atoms with E-state index in [0.29, 0.717) is 11.8 Å². The van der Waals surface area contributed by atoms with Crippen molar-refractivity contribution in [1.29, 1.82) is 0 Å². The lowest BCUT2D eigenvalue weighted by Gasteiger charge is -2.12. The average Bonchev–Trinajstić information content (AvgIpc) is 2.61. The van der Waals surface area contributed by atoms with Crippen LogP contribution in [0.15, 0.2) is 47.1 Å². The van der Waals surface area contributed by atoms with Crippen LogP contribution in [0.5, 0.6) is 0 Å². The monoisotopic (exact) mass is 423 g/mol. The smallest absolute Gasteiger partial charge is 0.328 e. The van der Waals surface area contributed by atoms with Crippen molar-refractivity contribution in [1.82, 2.24) is 5.32 Å². The van der Waals surface area contributed by atoms with Gasteiger partial charge in [-0.2, -0.15) is 11.8 Å². The first kappa shape index (κ1) is 26.7. The maximum Gasteiger partial charge on any atom is 0.328 e. The van der Waals surface area contributed by atoms with Crippen molar-refractivity contribution >= 4 is 29.6 Å². The van der Waals surface area contributed by atoms with Gasteiger partial charge in [0, 0.05) is 23.7 Å². The van der Waals surface area contributed by atoms with E-state index in [4.69, 9.17) is 5.11 Å². The van der Waals surface area contributed by atoms with E-state index >= 15 is 0 Å². The van der Waals surface area contributed by atoms with Crippen LogP contribution in [0, 0.1) is 0 Å². The van der Waals surface area contributed by atoms with E-state index in [2.05, 4.69) is 51.2 Å². The predicted octanol–water partition coefficient (Wildman–Crippen LogP) is 4.35. The Bertz CT molecular complexity index is 673. The third-order valence-corrected chi connectivity index (χ3v) is 4.92. The van der Waals surface area contributed by atoms with Gasteiger partial charge in [0.25, 0.3) is 0 Å². The van der Waals surface area contributed by atoms with Crippen LogP contribution >= 0.6 is 11.8 Å². The molecule has 1 unspecified atom stereocenters. The van der Waals surface area contributed by atoms with Crippen molar-refractivity contribution in [2.24, 2.45) is 0 Å². The number of carbonyl (C=O) groups excluding carboxylic acids is 1. The Morgan fingerprint density at radius 2 is 1.48 bits per heavy atom. The fourth-order valence-electron chi connectivity index (χ4n) is 2.27. The van der Waals surface area contributed by atoms with Gasteiger partial charge in [0.05, 0.1) is 0 Å². The number of hydrogen-bond acceptors (Lipinski definition) is 4. The molecular formula is C22H33NO5S. The topological polar surface area (TPSA) is 104 Å². The highest BCUT2D eigenvalue weighted by Gasteiger charge is 2.18. The Balaban J connectivity index is 4.27. The first-order valence-corrected chi connectivity index (χ1v) is 10.7. The Morgan fingerprint density at radius 1 is 0.897 bits per heavy atom. The molecule has 0 aromatic rings. The van der Waals surface area contributed by atoms with Gasteiger partial charge in [-0.25, -0.2) is 9.59 Å². The van der Waals surface area contributed by atoms with E-state index in [9.17, 15) is 19.5 Å². The van der Waals surface area contributed by atoms with E-state index in [1.165, 1.54) is 28.5 Å². The molecule has 29 heavy (non-hydrogen) atoms. The highest BCUT2D eigenvalue weighted by Crippen LogP contribution is 2.13. The number of carboxylic acid groups (broad SMARTS) is 2. The lowest BCUT2D eigenvalue weighted by atomic mass is 10.1. The molecular weight excluding hydrogens is 390 g/mol. The van der Waals surface area contributed by atoms with Crippen LogP contribution in [0.1, 0.15) is 53.4 Å². The molecule has 0 aromatic heterocycles. The first-order valence-electron chi connectivity index (χ1n) is 9.58. The molecule has 0 fully saturated rings. The molecule has 0 bridgehead atoms. The number of carboxylic acids is 2. The number of nitrogens with one attached hydrogen (secondary N) is 1. The van der Waals surface area contributed by atoms with Crippen LogP contribution in [0.2, 0.25) is 0 Å². The zero-order chi connectivity index (χ0) is 22.2. The summed E-state index contributed by atoms with van der Waals surface area (Å²) < 4.78 is 0. The number of allylic oxidation sites excluding steroid dienone is 5. The molecule has 1 amide bonds. The van der Waals surface area contributed by atoms with Crippen molar-refractivity contribution < 1.29 is 24.6 Å². The highest BCUT2D eigenvalue weighted by molar-refractivity contribution is 7.99. The van der Waals surface area contributed by atoms with E-state index in [0.717, 1.165) is 31.8 Å². The molecule has 0 aliphatic rings. The minimum absolute atomic E-state index is 0.204. The second-order valence-corrected chi connectivity index (χ2v) is 8.14. The van der Waals surface area contributed by atoms with Gasteiger partial charge in [-0.15, -0.1) is 0 Å². The molecule has 7 heteroatoms. The lowest BCUT2D eigenvalue weighted by molar-refractivity contribution is -0.140. The number of amides is 1. The van der Waals surface area contributed by atoms with Crippen LogP contribution in [0.3, 0.4) is 0 Å². The van der Waals surface area contributed by atoms with Crippen LogP contribution < -0.4 is 5.32 Å². The second-order valence-electron chi connectivity index (χ2n) is 7.07. The molecule has 0 aromatic carbocycles. The molecule has 1 atom stereocenters. The van der Waals surface area contributed by atoms with Gasteiger partial charge >= 0.3 is 11.9 Å². The number of thioether (sulfide) groups is 1. The van der Waals surface area contributed by atoms with Gasteiger partial charge in [-0.1, -0.05) is 34.9 Å². The summed E-state index contributed by atoms with van der Waals surface area (Å²) in [5.74, 6) is -2.29. The van der Waals surface area contributed by atoms with Gasteiger partial charge in [-0.3, -0.25) is 4.79 Å². The summed E-state index contributed by atoms with van der Waals surface area (Å²) in [6.45, 7) is 8.42. The molecule has 0 aliphatic heterocycles. The second kappa shape index (κ2) is 15.6. The van der Waals surface area contributed by atoms with Gasteiger partial charge in [0.2, 0.25) is 5.91 Å². The Kier molecular flexibility index (Phi) is 14.4. The van der Waals surface area contributed by atoms with E-state index in [1.54, 1.807) is 0 Å². The largest absolute Gasteiger partial charge is 0.480 e. The quantitative estimate of drug-likeness (QED) is 0.218. The molecule has 0 radical (unpaired) electrons. The number of hydrogen-bond donors (Lipinski definition) is 3. The summed E-state index contributed by atoms with van der Waals surface area (Å²) in [6.07, 6.45) is 12.2. The summed E-state index contributed by atoms with van der Waals surface area (Å²) in [7, 11) is 0. The van der Waals surface area contributed by atoms with Crippen molar-refractivity contribution in [3.8, 4) is 0 Å². The standard InChI is InChI=1S/C22H33NO5S/c1-16(2)7-5-8-17(3)9-6-10-18(4)13-14-29-15-19(22(27)28)23-20(24)11-12-21(25)26/h7,9,11-13,19H,5-6,8,10,14-15H2,1-4H3,(H,23,24)(H,25,26)(H,27,28)/b12-11?,17-9+,18-13+. The van der Waals surface area contributed by atoms with Crippen LogP contribution in [-0.4, -0.2) is 45.6 Å². The Hall–Kier alpha value is -2.28. The highest BCUT2D eigenvalue weighted by atomic mass is 32.2. The van der Waals surface area contributed by atoms with Gasteiger partial charge in [0.1, 0.15) is 6.04 Å². The zero-order valence-corrected chi connectivity index (χ0v) is 18.6. The molecule has 0 saturated heterocycles. The minimum Gasteiger partial charge on any atom is -0.480 e. The molecule has 0 rings (SSSR count). The zero-order valence-electron chi connectivity index (χ0n) is 17.7. The van der Waals surface area contributed by atoms with Crippen molar-refractivity contribution in [2.75, 3.05) is 11.5 Å². The van der Waals surface area contributed by atoms with Crippen molar-refractivity contribution in [3.05, 3.63) is 47.1 Å². The molecule has 6 nitrogen and oxygen atoms in total. The van der Waals surface area contributed by atoms with Crippen molar-refractivity contribution in [3.63, 3.8) is 0 Å². The summed E-state index contributed by atoms with van der Waals surface area (Å²) in [5.41, 5.74) is 3.98. The first-order chi connectivity index (χ1) is 13.6. The van der Waals surface area contributed by atoms with Gasteiger partial charge in [0.15, 0.2) is 0 Å². The third-order valence-electron chi connectivity index (χ3n) is 3.95. The summed E-state index contributed by atoms with van der Waals surface area (Å²) in [6, 6.07) is -1.06. The SMILES string of the molecule is CC(C)=CCC/C(C)=C/CC/C(C)=C/CSCC(NC(=O)C=CC(=O)O)C(=O)O. The predicted molar refractivity (Wildman–Crippen MR) is 119 cm³/mol. The fourth-order valence-corrected chi connectivity index (χ4v) is 3.27. The third kappa shape index (κ3) is 16.4. The van der Waals surface area contributed by atoms with E-state index < -0.39 is 23.9 Å². The molecule has 0 aliphatic carbocycles. The number of carbonyl (C=O) groups is 3. The summed E-state index contributed by atoms with van der Waals surface area (Å²) in [5, 5.41) is 19.9. The van der Waals surface area contributed by atoms with Gasteiger partial charge < -0.3 is 15.5 Å². The minimum atomic E-state index is -1.26. The van der Waals surface area contributed by atoms with Crippen molar-refractivity contribution in [2.45, 2.75) is 59.4 Å². The molecule has 162 valence electrons. The molecule has 0 heterocycles. The van der Waals surface area contributed by atoms with E-state index in [-0.39, 0.29) is 5.75 Å². The number of aliphatic carboxylic acids is 2. The number of rotatable bonds is 14. The maximum absolute atomic E-state index is 11.5. The molecule has 0 spiro atoms. The Labute approximate surface area is 177 Å². The van der Waals surface area contributed by atoms with Crippen LogP contribution in [0.4, 0.5) is 0 Å².